The van der Waals surface area contributed by atoms with Gasteiger partial charge in [0, 0.05) is 0 Å². The minimum absolute atomic E-state index is 0.186. The van der Waals surface area contributed by atoms with E-state index in [1.807, 2.05) is 6.07 Å². The Morgan fingerprint density at radius 3 is 2.21 bits per heavy atom. The maximum atomic E-state index is 12.4. The number of rotatable bonds is 3. The molecule has 2 amide bonds. The van der Waals surface area contributed by atoms with Gasteiger partial charge in [0.2, 0.25) is 0 Å². The molecule has 132 valence electrons. The van der Waals surface area contributed by atoms with Crippen LogP contribution in [0.3, 0.4) is 0 Å². The van der Waals surface area contributed by atoms with Gasteiger partial charge in [0.15, 0.2) is 0 Å². The van der Waals surface area contributed by atoms with E-state index < -0.39 is 17.8 Å². The van der Waals surface area contributed by atoms with Crippen molar-refractivity contribution in [3.8, 4) is 5.75 Å². The topological polar surface area (TPSA) is 65.1 Å². The molecule has 1 saturated carbocycles. The monoisotopic (exact) mass is 335 g/mol. The normalized spacial score (nSPS) is 15.6. The average Bonchev–Trinajstić information content (AvgIpc) is 2.52. The Hall–Kier alpha value is -2.08. The quantitative estimate of drug-likeness (QED) is 0.750. The molecule has 0 saturated heterocycles. The first kappa shape index (κ1) is 18.3. The van der Waals surface area contributed by atoms with E-state index in [9.17, 15) is 9.59 Å². The van der Waals surface area contributed by atoms with Crippen LogP contribution in [0.5, 0.6) is 5.75 Å². The van der Waals surface area contributed by atoms with Crippen molar-refractivity contribution in [1.29, 1.82) is 0 Å². The molecule has 0 atom stereocenters. The van der Waals surface area contributed by atoms with E-state index in [1.165, 1.54) is 0 Å². The first-order valence-electron chi connectivity index (χ1n) is 8.32. The van der Waals surface area contributed by atoms with Gasteiger partial charge < -0.3 is 9.47 Å². The third-order valence-corrected chi connectivity index (χ3v) is 3.48. The molecule has 1 aliphatic rings. The van der Waals surface area contributed by atoms with E-state index >= 15 is 0 Å². The van der Waals surface area contributed by atoms with Crippen LogP contribution in [0.25, 0.3) is 0 Å². The second kappa shape index (κ2) is 8.15. The number of hydroxylamine groups is 2. The molecule has 0 heterocycles. The van der Waals surface area contributed by atoms with Gasteiger partial charge in [0.05, 0.1) is 6.10 Å². The average molecular weight is 335 g/mol. The largest absolute Gasteiger partial charge is 0.449 e. The molecule has 0 aliphatic heterocycles. The lowest BCUT2D eigenvalue weighted by atomic mass is 9.98. The Morgan fingerprint density at radius 1 is 1.00 bits per heavy atom. The smallest absolute Gasteiger partial charge is 0.442 e. The molecule has 0 aromatic heterocycles. The first-order chi connectivity index (χ1) is 11.3. The predicted molar refractivity (Wildman–Crippen MR) is 88.5 cm³/mol. The van der Waals surface area contributed by atoms with Gasteiger partial charge in [-0.2, -0.15) is 0 Å². The number of carbonyl (C=O) groups is 2. The van der Waals surface area contributed by atoms with Crippen molar-refractivity contribution in [2.45, 2.75) is 64.6 Å². The van der Waals surface area contributed by atoms with Crippen LogP contribution in [-0.4, -0.2) is 29.0 Å². The molecule has 0 bridgehead atoms. The Morgan fingerprint density at radius 2 is 1.62 bits per heavy atom. The number of carbonyl (C=O) groups excluding carboxylic acids is 2. The summed E-state index contributed by atoms with van der Waals surface area (Å²) in [5.74, 6) is 0.336. The highest BCUT2D eigenvalue weighted by Crippen LogP contribution is 2.23. The van der Waals surface area contributed by atoms with Crippen molar-refractivity contribution in [3.05, 3.63) is 30.3 Å². The van der Waals surface area contributed by atoms with Crippen molar-refractivity contribution >= 4 is 12.2 Å². The highest BCUT2D eigenvalue weighted by molar-refractivity contribution is 5.87. The second-order valence-corrected chi connectivity index (χ2v) is 6.82. The number of amides is 2. The Balaban J connectivity index is 2.08. The summed E-state index contributed by atoms with van der Waals surface area (Å²) in [5.41, 5.74) is -0.738. The minimum atomic E-state index is -0.902. The van der Waals surface area contributed by atoms with Crippen LogP contribution < -0.4 is 4.74 Å². The molecule has 0 N–H and O–H groups in total. The summed E-state index contributed by atoms with van der Waals surface area (Å²) in [6, 6.07) is 8.55. The van der Waals surface area contributed by atoms with Gasteiger partial charge >= 0.3 is 12.2 Å². The van der Waals surface area contributed by atoms with Crippen LogP contribution in [0.2, 0.25) is 0 Å². The van der Waals surface area contributed by atoms with E-state index in [4.69, 9.17) is 14.3 Å². The van der Waals surface area contributed by atoms with Gasteiger partial charge in [-0.25, -0.2) is 9.59 Å². The first-order valence-corrected chi connectivity index (χ1v) is 8.32. The third kappa shape index (κ3) is 5.85. The van der Waals surface area contributed by atoms with Gasteiger partial charge in [-0.1, -0.05) is 42.5 Å². The van der Waals surface area contributed by atoms with Crippen LogP contribution in [-0.2, 0) is 9.57 Å². The Kier molecular flexibility index (Phi) is 6.20. The maximum Gasteiger partial charge on any atom is 0.449 e. The zero-order valence-corrected chi connectivity index (χ0v) is 14.5. The molecular formula is C18H25NO5. The number of ether oxygens (including phenoxy) is 2. The van der Waals surface area contributed by atoms with Gasteiger partial charge in [-0.15, -0.1) is 0 Å². The van der Waals surface area contributed by atoms with E-state index in [-0.39, 0.29) is 6.10 Å². The van der Waals surface area contributed by atoms with Gasteiger partial charge in [0.1, 0.15) is 11.4 Å². The number of nitrogens with zero attached hydrogens (tertiary/aromatic N) is 1. The molecule has 6 heteroatoms. The zero-order chi connectivity index (χ0) is 17.6. The molecule has 0 unspecified atom stereocenters. The Bertz CT molecular complexity index is 546. The van der Waals surface area contributed by atoms with Crippen LogP contribution >= 0.6 is 0 Å². The molecule has 1 aliphatic carbocycles. The highest BCUT2D eigenvalue weighted by atomic mass is 16.8. The summed E-state index contributed by atoms with van der Waals surface area (Å²) in [6.07, 6.45) is 2.82. The molecule has 0 spiro atoms. The molecule has 1 aromatic rings. The van der Waals surface area contributed by atoms with Crippen molar-refractivity contribution in [3.63, 3.8) is 0 Å². The van der Waals surface area contributed by atoms with E-state index in [0.717, 1.165) is 32.1 Å². The molecule has 2 rings (SSSR count). The highest BCUT2D eigenvalue weighted by Gasteiger charge is 2.33. The number of hydrogen-bond acceptors (Lipinski definition) is 5. The molecular weight excluding hydrogens is 310 g/mol. The summed E-state index contributed by atoms with van der Waals surface area (Å²) >= 11 is 0. The van der Waals surface area contributed by atoms with Crippen LogP contribution in [0.4, 0.5) is 9.59 Å². The fourth-order valence-corrected chi connectivity index (χ4v) is 2.41. The summed E-state index contributed by atoms with van der Waals surface area (Å²) in [5, 5.41) is 0.605. The predicted octanol–water partition coefficient (Wildman–Crippen LogP) is 4.69. The summed E-state index contributed by atoms with van der Waals surface area (Å²) in [4.78, 5) is 30.4. The fraction of sp³-hybridized carbons (Fsp3) is 0.556. The van der Waals surface area contributed by atoms with Crippen LogP contribution in [0, 0.1) is 0 Å². The van der Waals surface area contributed by atoms with Crippen molar-refractivity contribution in [1.82, 2.24) is 5.06 Å². The standard InChI is InChI=1S/C18H25NO5/c1-18(2,3)23-17(21)19(24-15-12-8-5-9-13-15)16(20)22-14-10-6-4-7-11-14/h4,6-7,10-11,15H,5,8-9,12-13H2,1-3H3. The summed E-state index contributed by atoms with van der Waals surface area (Å²) in [7, 11) is 0. The van der Waals surface area contributed by atoms with E-state index in [2.05, 4.69) is 0 Å². The molecule has 1 aromatic carbocycles. The van der Waals surface area contributed by atoms with Crippen molar-refractivity contribution < 1.29 is 23.9 Å². The van der Waals surface area contributed by atoms with Crippen LogP contribution in [0.15, 0.2) is 30.3 Å². The maximum absolute atomic E-state index is 12.4. The van der Waals surface area contributed by atoms with E-state index in [0.29, 0.717) is 10.8 Å². The summed E-state index contributed by atoms with van der Waals surface area (Å²) < 4.78 is 10.5. The van der Waals surface area contributed by atoms with Crippen LogP contribution in [0.1, 0.15) is 52.9 Å². The molecule has 1 fully saturated rings. The molecule has 0 radical (unpaired) electrons. The molecule has 6 nitrogen and oxygen atoms in total. The van der Waals surface area contributed by atoms with Crippen molar-refractivity contribution in [2.24, 2.45) is 0 Å². The lowest BCUT2D eigenvalue weighted by Crippen LogP contribution is -2.44. The SMILES string of the molecule is CC(C)(C)OC(=O)N(OC1CCCCC1)C(=O)Oc1ccccc1. The zero-order valence-electron chi connectivity index (χ0n) is 14.5. The van der Waals surface area contributed by atoms with Crippen molar-refractivity contribution in [2.75, 3.05) is 0 Å². The third-order valence-electron chi connectivity index (χ3n) is 3.48. The lowest BCUT2D eigenvalue weighted by Gasteiger charge is -2.29. The summed E-state index contributed by atoms with van der Waals surface area (Å²) in [6.45, 7) is 5.19. The fourth-order valence-electron chi connectivity index (χ4n) is 2.41. The van der Waals surface area contributed by atoms with Gasteiger partial charge in [-0.3, -0.25) is 4.84 Å². The minimum Gasteiger partial charge on any atom is -0.442 e. The van der Waals surface area contributed by atoms with E-state index in [1.54, 1.807) is 45.0 Å². The van der Waals surface area contributed by atoms with Gasteiger partial charge in [0.25, 0.3) is 0 Å². The molecule has 24 heavy (non-hydrogen) atoms. The lowest BCUT2D eigenvalue weighted by molar-refractivity contribution is -0.164. The number of para-hydroxylation sites is 1. The van der Waals surface area contributed by atoms with Gasteiger partial charge in [-0.05, 0) is 45.7 Å². The number of benzene rings is 1. The second-order valence-electron chi connectivity index (χ2n) is 6.82. The number of hydrogen-bond donors (Lipinski definition) is 0. The number of imide groups is 1. The Labute approximate surface area is 142 Å².